The molecule has 2 heterocycles. The summed E-state index contributed by atoms with van der Waals surface area (Å²) in [6.45, 7) is 7.40. The number of fused-ring (bicyclic) bond motifs is 1. The number of hydrogen-bond donors (Lipinski definition) is 2. The molecule has 0 unspecified atom stereocenters. The van der Waals surface area contributed by atoms with Crippen molar-refractivity contribution in [1.82, 2.24) is 20.4 Å². The maximum absolute atomic E-state index is 5.44. The smallest absolute Gasteiger partial charge is 0.231 e. The van der Waals surface area contributed by atoms with E-state index >= 15 is 0 Å². The maximum atomic E-state index is 5.44. The van der Waals surface area contributed by atoms with Crippen LogP contribution in [0.15, 0.2) is 47.5 Å². The molecule has 0 atom stereocenters. The van der Waals surface area contributed by atoms with E-state index in [1.54, 1.807) is 7.05 Å². The minimum Gasteiger partial charge on any atom is -0.454 e. The summed E-state index contributed by atoms with van der Waals surface area (Å²) >= 11 is 0. The number of likely N-dealkylation sites (N-methyl/N-ethyl adjacent to an activating group) is 1. The molecule has 2 aliphatic heterocycles. The molecule has 0 aliphatic carbocycles. The number of ether oxygens (including phenoxy) is 2. The molecule has 4 rings (SSSR count). The molecule has 0 bridgehead atoms. The van der Waals surface area contributed by atoms with Crippen molar-refractivity contribution in [2.45, 2.75) is 26.1 Å². The van der Waals surface area contributed by atoms with Gasteiger partial charge >= 0.3 is 0 Å². The fourth-order valence-electron chi connectivity index (χ4n) is 3.92. The Kier molecular flexibility index (Phi) is 7.27. The Bertz CT molecular complexity index is 884. The van der Waals surface area contributed by atoms with Crippen LogP contribution in [-0.4, -0.2) is 62.8 Å². The number of aliphatic imine (C=N–C) groups is 1. The number of rotatable bonds is 6. The summed E-state index contributed by atoms with van der Waals surface area (Å²) in [5.74, 6) is 2.38. The van der Waals surface area contributed by atoms with Crippen LogP contribution < -0.4 is 20.1 Å². The van der Waals surface area contributed by atoms with Crippen LogP contribution in [0.1, 0.15) is 23.1 Å². The average molecular weight is 424 g/mol. The molecule has 2 N–H and O–H groups in total. The van der Waals surface area contributed by atoms with Gasteiger partial charge < -0.3 is 25.0 Å². The third-order valence-electron chi connectivity index (χ3n) is 5.82. The molecule has 7 nitrogen and oxygen atoms in total. The van der Waals surface area contributed by atoms with Gasteiger partial charge in [0.05, 0.1) is 0 Å². The van der Waals surface area contributed by atoms with Crippen molar-refractivity contribution < 1.29 is 9.47 Å². The Labute approximate surface area is 185 Å². The largest absolute Gasteiger partial charge is 0.454 e. The summed E-state index contributed by atoms with van der Waals surface area (Å²) in [6, 6.07) is 14.9. The maximum Gasteiger partial charge on any atom is 0.231 e. The van der Waals surface area contributed by atoms with Crippen LogP contribution in [0, 0.1) is 0 Å². The first-order valence-corrected chi connectivity index (χ1v) is 11.0. The number of benzene rings is 2. The molecule has 0 aromatic heterocycles. The molecule has 0 radical (unpaired) electrons. The van der Waals surface area contributed by atoms with Crippen molar-refractivity contribution in [2.75, 3.05) is 47.1 Å². The van der Waals surface area contributed by atoms with Gasteiger partial charge in [-0.25, -0.2) is 0 Å². The number of guanidine groups is 1. The van der Waals surface area contributed by atoms with Crippen LogP contribution in [0.3, 0.4) is 0 Å². The predicted molar refractivity (Wildman–Crippen MR) is 123 cm³/mol. The second-order valence-corrected chi connectivity index (χ2v) is 8.22. The zero-order chi connectivity index (χ0) is 21.5. The third-order valence-corrected chi connectivity index (χ3v) is 5.82. The van der Waals surface area contributed by atoms with Gasteiger partial charge in [-0.05, 0) is 55.4 Å². The standard InChI is InChI=1S/C24H33N5O2/c1-25-24(27-16-21-8-9-22-23(14-21)31-18-30-22)26-15-19-4-6-20(7-5-19)17-29-11-3-10-28(2)12-13-29/h4-9,14H,3,10-13,15-18H2,1-2H3,(H2,25,26,27). The van der Waals surface area contributed by atoms with Crippen LogP contribution in [0.4, 0.5) is 0 Å². The molecule has 7 heteroatoms. The van der Waals surface area contributed by atoms with Gasteiger partial charge in [-0.15, -0.1) is 0 Å². The van der Waals surface area contributed by atoms with Crippen molar-refractivity contribution in [3.63, 3.8) is 0 Å². The zero-order valence-electron chi connectivity index (χ0n) is 18.6. The Hall–Kier alpha value is -2.77. The van der Waals surface area contributed by atoms with Gasteiger partial charge in [-0.1, -0.05) is 30.3 Å². The van der Waals surface area contributed by atoms with Gasteiger partial charge in [0.1, 0.15) is 0 Å². The third kappa shape index (κ3) is 6.12. The van der Waals surface area contributed by atoms with Crippen LogP contribution in [0.2, 0.25) is 0 Å². The highest BCUT2D eigenvalue weighted by Gasteiger charge is 2.14. The highest BCUT2D eigenvalue weighted by Crippen LogP contribution is 2.32. The Morgan fingerprint density at radius 1 is 0.871 bits per heavy atom. The Morgan fingerprint density at radius 3 is 2.39 bits per heavy atom. The number of nitrogens with one attached hydrogen (secondary N) is 2. The van der Waals surface area contributed by atoms with E-state index in [2.05, 4.69) is 56.7 Å². The lowest BCUT2D eigenvalue weighted by Crippen LogP contribution is -2.36. The molecule has 31 heavy (non-hydrogen) atoms. The molecule has 2 aliphatic rings. The van der Waals surface area contributed by atoms with E-state index in [-0.39, 0.29) is 0 Å². The van der Waals surface area contributed by atoms with E-state index in [1.807, 2.05) is 18.2 Å². The first-order valence-electron chi connectivity index (χ1n) is 11.0. The number of hydrogen-bond acceptors (Lipinski definition) is 5. The second-order valence-electron chi connectivity index (χ2n) is 8.22. The molecule has 1 saturated heterocycles. The Balaban J connectivity index is 1.23. The molecule has 0 saturated carbocycles. The van der Waals surface area contributed by atoms with Crippen LogP contribution in [-0.2, 0) is 19.6 Å². The molecule has 1 fully saturated rings. The summed E-state index contributed by atoms with van der Waals surface area (Å²) in [6.07, 6.45) is 1.25. The summed E-state index contributed by atoms with van der Waals surface area (Å²) in [4.78, 5) is 9.30. The SMILES string of the molecule is CN=C(NCc1ccc(CN2CCCN(C)CC2)cc1)NCc1ccc2c(c1)OCO2. The lowest BCUT2D eigenvalue weighted by Gasteiger charge is -2.20. The summed E-state index contributed by atoms with van der Waals surface area (Å²) in [5.41, 5.74) is 3.74. The molecule has 2 aromatic rings. The molecule has 2 aromatic carbocycles. The van der Waals surface area contributed by atoms with E-state index in [1.165, 1.54) is 30.6 Å². The monoisotopic (exact) mass is 423 g/mol. The average Bonchev–Trinajstić information content (AvgIpc) is 3.17. The summed E-state index contributed by atoms with van der Waals surface area (Å²) in [7, 11) is 4.00. The first-order chi connectivity index (χ1) is 15.2. The van der Waals surface area contributed by atoms with Gasteiger partial charge in [-0.2, -0.15) is 0 Å². The highest BCUT2D eigenvalue weighted by atomic mass is 16.7. The minimum absolute atomic E-state index is 0.295. The fourth-order valence-corrected chi connectivity index (χ4v) is 3.92. The lowest BCUT2D eigenvalue weighted by atomic mass is 10.1. The van der Waals surface area contributed by atoms with Crippen LogP contribution in [0.5, 0.6) is 11.5 Å². The Morgan fingerprint density at radius 2 is 1.58 bits per heavy atom. The van der Waals surface area contributed by atoms with Gasteiger partial charge in [0.15, 0.2) is 17.5 Å². The molecule has 166 valence electrons. The van der Waals surface area contributed by atoms with E-state index in [4.69, 9.17) is 9.47 Å². The van der Waals surface area contributed by atoms with Gasteiger partial charge in [-0.3, -0.25) is 9.89 Å². The molecule has 0 amide bonds. The van der Waals surface area contributed by atoms with Crippen LogP contribution in [0.25, 0.3) is 0 Å². The van der Waals surface area contributed by atoms with Gasteiger partial charge in [0.2, 0.25) is 6.79 Å². The highest BCUT2D eigenvalue weighted by molar-refractivity contribution is 5.79. The predicted octanol–water partition coefficient (Wildman–Crippen LogP) is 2.42. The second kappa shape index (κ2) is 10.5. The zero-order valence-corrected chi connectivity index (χ0v) is 18.6. The minimum atomic E-state index is 0.295. The normalized spacial score (nSPS) is 17.4. The first kappa shape index (κ1) is 21.5. The quantitative estimate of drug-likeness (QED) is 0.550. The van der Waals surface area contributed by atoms with Crippen molar-refractivity contribution in [3.8, 4) is 11.5 Å². The number of nitrogens with zero attached hydrogens (tertiary/aromatic N) is 3. The van der Waals surface area contributed by atoms with E-state index in [0.29, 0.717) is 13.3 Å². The van der Waals surface area contributed by atoms with E-state index < -0.39 is 0 Å². The molecular formula is C24H33N5O2. The summed E-state index contributed by atoms with van der Waals surface area (Å²) in [5, 5.41) is 6.74. The molecular weight excluding hydrogens is 390 g/mol. The lowest BCUT2D eigenvalue weighted by molar-refractivity contribution is 0.174. The van der Waals surface area contributed by atoms with Gasteiger partial charge in [0.25, 0.3) is 0 Å². The van der Waals surface area contributed by atoms with Crippen molar-refractivity contribution in [2.24, 2.45) is 4.99 Å². The van der Waals surface area contributed by atoms with E-state index in [0.717, 1.165) is 49.2 Å². The fraction of sp³-hybridized carbons (Fsp3) is 0.458. The van der Waals surface area contributed by atoms with Crippen LogP contribution >= 0.6 is 0 Å². The van der Waals surface area contributed by atoms with Crippen molar-refractivity contribution in [1.29, 1.82) is 0 Å². The van der Waals surface area contributed by atoms with Crippen molar-refractivity contribution >= 4 is 5.96 Å². The molecule has 0 spiro atoms. The van der Waals surface area contributed by atoms with E-state index in [9.17, 15) is 0 Å². The van der Waals surface area contributed by atoms with Crippen molar-refractivity contribution in [3.05, 3.63) is 59.2 Å². The topological polar surface area (TPSA) is 61.4 Å². The van der Waals surface area contributed by atoms with Gasteiger partial charge in [0, 0.05) is 39.8 Å². The summed E-state index contributed by atoms with van der Waals surface area (Å²) < 4.78 is 10.8.